The molecule has 10 aromatic rings. The molecule has 0 atom stereocenters. The van der Waals surface area contributed by atoms with Crippen molar-refractivity contribution in [1.82, 2.24) is 9.97 Å². The summed E-state index contributed by atoms with van der Waals surface area (Å²) in [7, 11) is 0. The first-order chi connectivity index (χ1) is 27.8. The Hall–Kier alpha value is -7.36. The van der Waals surface area contributed by atoms with Crippen LogP contribution in [0.1, 0.15) is 22.3 Å². The Morgan fingerprint density at radius 3 is 1.57 bits per heavy atom. The fourth-order valence-corrected chi connectivity index (χ4v) is 8.92. The Kier molecular flexibility index (Phi) is 7.39. The van der Waals surface area contributed by atoms with Gasteiger partial charge >= 0.3 is 0 Å². The lowest BCUT2D eigenvalue weighted by Crippen LogP contribution is -2.28. The molecule has 0 saturated heterocycles. The lowest BCUT2D eigenvalue weighted by Gasteiger charge is -2.34. The van der Waals surface area contributed by atoms with Crippen LogP contribution in [-0.2, 0) is 5.41 Å². The average molecular weight is 715 g/mol. The van der Waals surface area contributed by atoms with E-state index in [1.165, 1.54) is 38.9 Å². The quantitative estimate of drug-likeness (QED) is 0.172. The molecule has 0 bridgehead atoms. The SMILES string of the molecule is c1ccc(-c2nc(-c3cccc(-c4cccc(-c5cccc(C6(c7ccccc7)c7ccccc7-c7ccccc76)c5)c4)c3)nc3oc4ccccc4c23)cc1. The third-order valence-corrected chi connectivity index (χ3v) is 11.4. The molecule has 262 valence electrons. The van der Waals surface area contributed by atoms with E-state index in [4.69, 9.17) is 14.4 Å². The van der Waals surface area contributed by atoms with Crippen molar-refractivity contribution >= 4 is 22.1 Å². The minimum Gasteiger partial charge on any atom is -0.438 e. The molecule has 0 amide bonds. The summed E-state index contributed by atoms with van der Waals surface area (Å²) < 4.78 is 6.33. The maximum Gasteiger partial charge on any atom is 0.231 e. The fourth-order valence-electron chi connectivity index (χ4n) is 8.92. The number of rotatable bonds is 6. The second-order valence-electron chi connectivity index (χ2n) is 14.5. The van der Waals surface area contributed by atoms with Gasteiger partial charge in [0.05, 0.1) is 16.5 Å². The molecule has 0 fully saturated rings. The van der Waals surface area contributed by atoms with Gasteiger partial charge in [-0.25, -0.2) is 4.98 Å². The van der Waals surface area contributed by atoms with Crippen molar-refractivity contribution in [3.05, 3.63) is 229 Å². The topological polar surface area (TPSA) is 38.9 Å². The van der Waals surface area contributed by atoms with Crippen molar-refractivity contribution in [1.29, 1.82) is 0 Å². The van der Waals surface area contributed by atoms with E-state index in [-0.39, 0.29) is 0 Å². The molecule has 0 unspecified atom stereocenters. The summed E-state index contributed by atoms with van der Waals surface area (Å²) in [5.41, 5.74) is 16.0. The highest BCUT2D eigenvalue weighted by Gasteiger charge is 2.45. The first-order valence-corrected chi connectivity index (χ1v) is 19.1. The first-order valence-electron chi connectivity index (χ1n) is 19.1. The molecule has 56 heavy (non-hydrogen) atoms. The normalized spacial score (nSPS) is 12.8. The summed E-state index contributed by atoms with van der Waals surface area (Å²) in [6, 6.07) is 73.6. The minimum absolute atomic E-state index is 0.448. The van der Waals surface area contributed by atoms with Crippen LogP contribution < -0.4 is 0 Å². The van der Waals surface area contributed by atoms with E-state index in [1.807, 2.05) is 36.4 Å². The van der Waals surface area contributed by atoms with Gasteiger partial charge in [-0.1, -0.05) is 182 Å². The van der Waals surface area contributed by atoms with Crippen molar-refractivity contribution in [3.8, 4) is 56.0 Å². The molecule has 0 radical (unpaired) electrons. The van der Waals surface area contributed by atoms with Crippen LogP contribution in [0.4, 0.5) is 0 Å². The lowest BCUT2D eigenvalue weighted by molar-refractivity contribution is 0.653. The molecule has 8 aromatic carbocycles. The van der Waals surface area contributed by atoms with Crippen molar-refractivity contribution in [2.24, 2.45) is 0 Å². The number of hydrogen-bond donors (Lipinski definition) is 0. The minimum atomic E-state index is -0.448. The molecular weight excluding hydrogens is 681 g/mol. The summed E-state index contributed by atoms with van der Waals surface area (Å²) in [5, 5.41) is 1.94. The predicted octanol–water partition coefficient (Wildman–Crippen LogP) is 13.4. The van der Waals surface area contributed by atoms with Crippen LogP contribution in [0, 0.1) is 0 Å². The molecule has 2 heterocycles. The van der Waals surface area contributed by atoms with Crippen molar-refractivity contribution in [2.75, 3.05) is 0 Å². The second-order valence-corrected chi connectivity index (χ2v) is 14.5. The van der Waals surface area contributed by atoms with Crippen LogP contribution in [0.15, 0.2) is 211 Å². The van der Waals surface area contributed by atoms with Crippen molar-refractivity contribution < 1.29 is 4.42 Å². The van der Waals surface area contributed by atoms with Gasteiger partial charge in [0.25, 0.3) is 0 Å². The molecule has 0 spiro atoms. The monoisotopic (exact) mass is 714 g/mol. The number of benzene rings is 8. The van der Waals surface area contributed by atoms with Crippen LogP contribution in [0.3, 0.4) is 0 Å². The van der Waals surface area contributed by atoms with Gasteiger partial charge in [-0.15, -0.1) is 0 Å². The highest BCUT2D eigenvalue weighted by atomic mass is 16.3. The molecule has 2 aromatic heterocycles. The first kappa shape index (κ1) is 32.1. The molecule has 3 nitrogen and oxygen atoms in total. The van der Waals surface area contributed by atoms with Crippen LogP contribution in [-0.4, -0.2) is 9.97 Å². The van der Waals surface area contributed by atoms with Crippen LogP contribution in [0.2, 0.25) is 0 Å². The third kappa shape index (κ3) is 4.98. The Morgan fingerprint density at radius 2 is 0.875 bits per heavy atom. The standard InChI is InChI=1S/C53H34N2O/c1-3-16-35(17-4-1)50-49-45-28-9-12-31-48(45)56-52(49)55-51(54-50)40-22-14-20-38(33-40)36-18-13-19-37(32-36)39-21-15-25-42(34-39)53(41-23-5-2-6-24-41)46-29-10-7-26-43(46)44-27-8-11-30-47(44)53/h1-34H. The zero-order valence-corrected chi connectivity index (χ0v) is 30.4. The Labute approximate surface area is 325 Å². The zero-order valence-electron chi connectivity index (χ0n) is 30.4. The Bertz CT molecular complexity index is 3040. The van der Waals surface area contributed by atoms with E-state index in [9.17, 15) is 0 Å². The maximum atomic E-state index is 6.33. The number of furan rings is 1. The van der Waals surface area contributed by atoms with E-state index in [1.54, 1.807) is 0 Å². The van der Waals surface area contributed by atoms with Crippen LogP contribution >= 0.6 is 0 Å². The van der Waals surface area contributed by atoms with Gasteiger partial charge in [0.2, 0.25) is 5.71 Å². The maximum absolute atomic E-state index is 6.33. The third-order valence-electron chi connectivity index (χ3n) is 11.4. The average Bonchev–Trinajstić information content (AvgIpc) is 3.81. The van der Waals surface area contributed by atoms with E-state index in [0.717, 1.165) is 49.9 Å². The van der Waals surface area contributed by atoms with Gasteiger partial charge in [0.15, 0.2) is 5.82 Å². The number of para-hydroxylation sites is 1. The smallest absolute Gasteiger partial charge is 0.231 e. The number of hydrogen-bond acceptors (Lipinski definition) is 3. The highest BCUT2D eigenvalue weighted by molar-refractivity contribution is 6.10. The molecule has 3 heteroatoms. The van der Waals surface area contributed by atoms with E-state index in [2.05, 4.69) is 170 Å². The summed E-state index contributed by atoms with van der Waals surface area (Å²) >= 11 is 0. The number of aromatic nitrogens is 2. The van der Waals surface area contributed by atoms with E-state index < -0.39 is 5.41 Å². The summed E-state index contributed by atoms with van der Waals surface area (Å²) in [5.74, 6) is 0.629. The molecule has 0 saturated carbocycles. The van der Waals surface area contributed by atoms with Gasteiger partial charge < -0.3 is 4.42 Å². The van der Waals surface area contributed by atoms with Crippen molar-refractivity contribution in [3.63, 3.8) is 0 Å². The molecule has 0 N–H and O–H groups in total. The highest BCUT2D eigenvalue weighted by Crippen LogP contribution is 2.56. The zero-order chi connectivity index (χ0) is 37.1. The molecule has 11 rings (SSSR count). The lowest BCUT2D eigenvalue weighted by atomic mass is 9.67. The Morgan fingerprint density at radius 1 is 0.375 bits per heavy atom. The number of fused-ring (bicyclic) bond motifs is 6. The van der Waals surface area contributed by atoms with E-state index in [0.29, 0.717) is 11.5 Å². The number of nitrogens with zero attached hydrogens (tertiary/aromatic N) is 2. The van der Waals surface area contributed by atoms with Gasteiger partial charge in [0, 0.05) is 16.5 Å². The predicted molar refractivity (Wildman–Crippen MR) is 228 cm³/mol. The fraction of sp³-hybridized carbons (Fsp3) is 0.0189. The van der Waals surface area contributed by atoms with Gasteiger partial charge in [-0.05, 0) is 79.9 Å². The second kappa shape index (κ2) is 12.9. The van der Waals surface area contributed by atoms with Crippen LogP contribution in [0.25, 0.3) is 78.1 Å². The molecular formula is C53H34N2O. The van der Waals surface area contributed by atoms with Gasteiger partial charge in [-0.2, -0.15) is 4.98 Å². The van der Waals surface area contributed by atoms with Gasteiger partial charge in [0.1, 0.15) is 5.58 Å². The molecule has 1 aliphatic carbocycles. The van der Waals surface area contributed by atoms with Crippen LogP contribution in [0.5, 0.6) is 0 Å². The summed E-state index contributed by atoms with van der Waals surface area (Å²) in [6.45, 7) is 0. The summed E-state index contributed by atoms with van der Waals surface area (Å²) in [4.78, 5) is 10.2. The molecule has 1 aliphatic rings. The van der Waals surface area contributed by atoms with E-state index >= 15 is 0 Å². The molecule has 0 aliphatic heterocycles. The van der Waals surface area contributed by atoms with Crippen molar-refractivity contribution in [2.45, 2.75) is 5.41 Å². The van der Waals surface area contributed by atoms with Gasteiger partial charge in [-0.3, -0.25) is 0 Å². The summed E-state index contributed by atoms with van der Waals surface area (Å²) in [6.07, 6.45) is 0. The Balaban J connectivity index is 1.02. The largest absolute Gasteiger partial charge is 0.438 e.